The quantitative estimate of drug-likeness (QED) is 0.864. The Balaban J connectivity index is 1.44. The molecule has 1 aromatic carbocycles. The number of allylic oxidation sites excluding steroid dienone is 2. The van der Waals surface area contributed by atoms with E-state index >= 15 is 0 Å². The average Bonchev–Trinajstić information content (AvgIpc) is 2.59. The summed E-state index contributed by atoms with van der Waals surface area (Å²) in [7, 11) is 0. The minimum atomic E-state index is 0.199. The lowest BCUT2D eigenvalue weighted by molar-refractivity contribution is -0.126. The average molecular weight is 312 g/mol. The van der Waals surface area contributed by atoms with Gasteiger partial charge in [-0.1, -0.05) is 36.4 Å². The van der Waals surface area contributed by atoms with Gasteiger partial charge in [-0.15, -0.1) is 0 Å². The highest BCUT2D eigenvalue weighted by molar-refractivity contribution is 5.79. The van der Waals surface area contributed by atoms with Gasteiger partial charge in [0.2, 0.25) is 5.91 Å². The molecule has 1 heterocycles. The number of amides is 1. The first-order valence-corrected chi connectivity index (χ1v) is 8.94. The van der Waals surface area contributed by atoms with Crippen LogP contribution in [0.1, 0.15) is 43.2 Å². The lowest BCUT2D eigenvalue weighted by Crippen LogP contribution is -2.46. The maximum absolute atomic E-state index is 12.3. The largest absolute Gasteiger partial charge is 0.353 e. The summed E-state index contributed by atoms with van der Waals surface area (Å²) in [5.74, 6) is 0.469. The molecule has 1 atom stereocenters. The molecule has 0 aromatic heterocycles. The minimum absolute atomic E-state index is 0.199. The molecule has 0 saturated carbocycles. The van der Waals surface area contributed by atoms with Crippen LogP contribution in [-0.2, 0) is 11.3 Å². The standard InChI is InChI=1S/C20H28N2O/c1-16-7-5-6-10-18(16)15-22-13-11-19(12-14-22)21-20(23)17-8-3-2-4-9-17/h2-3,5-7,10,17,19H,4,8-9,11-15H2,1H3,(H,21,23)/t17-/m1/s1. The number of benzene rings is 1. The summed E-state index contributed by atoms with van der Waals surface area (Å²) < 4.78 is 0. The molecule has 3 nitrogen and oxygen atoms in total. The van der Waals surface area contributed by atoms with Crippen LogP contribution in [0.25, 0.3) is 0 Å². The van der Waals surface area contributed by atoms with Gasteiger partial charge in [-0.3, -0.25) is 9.69 Å². The van der Waals surface area contributed by atoms with E-state index in [-0.39, 0.29) is 11.8 Å². The number of hydrogen-bond donors (Lipinski definition) is 1. The number of aryl methyl sites for hydroxylation is 1. The second-order valence-corrected chi connectivity index (χ2v) is 6.97. The summed E-state index contributed by atoms with van der Waals surface area (Å²) in [6.07, 6.45) is 9.45. The fraction of sp³-hybridized carbons (Fsp3) is 0.550. The summed E-state index contributed by atoms with van der Waals surface area (Å²) in [5.41, 5.74) is 2.79. The molecular formula is C20H28N2O. The SMILES string of the molecule is Cc1ccccc1CN1CCC(NC(=O)[C@@H]2CC=CCC2)CC1. The maximum Gasteiger partial charge on any atom is 0.223 e. The van der Waals surface area contributed by atoms with Gasteiger partial charge in [-0.25, -0.2) is 0 Å². The topological polar surface area (TPSA) is 32.3 Å². The lowest BCUT2D eigenvalue weighted by atomic mass is 9.93. The van der Waals surface area contributed by atoms with E-state index in [1.165, 1.54) is 11.1 Å². The molecule has 1 saturated heterocycles. The van der Waals surface area contributed by atoms with Crippen molar-refractivity contribution in [3.05, 3.63) is 47.5 Å². The number of piperidine rings is 1. The molecule has 124 valence electrons. The Morgan fingerprint density at radius 3 is 2.65 bits per heavy atom. The van der Waals surface area contributed by atoms with E-state index in [4.69, 9.17) is 0 Å². The summed E-state index contributed by atoms with van der Waals surface area (Å²) >= 11 is 0. The molecule has 0 bridgehead atoms. The van der Waals surface area contributed by atoms with Gasteiger partial charge in [-0.05, 0) is 50.2 Å². The number of carbonyl (C=O) groups is 1. The van der Waals surface area contributed by atoms with E-state index in [1.54, 1.807) is 0 Å². The first-order valence-electron chi connectivity index (χ1n) is 8.94. The van der Waals surface area contributed by atoms with Crippen LogP contribution in [0.3, 0.4) is 0 Å². The van der Waals surface area contributed by atoms with E-state index in [2.05, 4.69) is 53.6 Å². The third-order valence-corrected chi connectivity index (χ3v) is 5.23. The fourth-order valence-electron chi connectivity index (χ4n) is 3.61. The molecule has 23 heavy (non-hydrogen) atoms. The summed E-state index contributed by atoms with van der Waals surface area (Å²) in [6, 6.07) is 8.98. The van der Waals surface area contributed by atoms with Gasteiger partial charge < -0.3 is 5.32 Å². The highest BCUT2D eigenvalue weighted by Gasteiger charge is 2.24. The van der Waals surface area contributed by atoms with Crippen molar-refractivity contribution in [2.45, 2.75) is 51.6 Å². The molecular weight excluding hydrogens is 284 g/mol. The Morgan fingerprint density at radius 2 is 1.96 bits per heavy atom. The van der Waals surface area contributed by atoms with Gasteiger partial charge in [0, 0.05) is 31.6 Å². The van der Waals surface area contributed by atoms with Crippen molar-refractivity contribution in [1.29, 1.82) is 0 Å². The van der Waals surface area contributed by atoms with Gasteiger partial charge in [0.05, 0.1) is 0 Å². The Morgan fingerprint density at radius 1 is 1.17 bits per heavy atom. The zero-order valence-electron chi connectivity index (χ0n) is 14.1. The van der Waals surface area contributed by atoms with Gasteiger partial charge in [0.25, 0.3) is 0 Å². The van der Waals surface area contributed by atoms with Crippen LogP contribution in [0, 0.1) is 12.8 Å². The van der Waals surface area contributed by atoms with E-state index in [0.717, 1.165) is 51.7 Å². The van der Waals surface area contributed by atoms with Crippen LogP contribution in [0.5, 0.6) is 0 Å². The van der Waals surface area contributed by atoms with Crippen molar-refractivity contribution in [3.8, 4) is 0 Å². The number of likely N-dealkylation sites (tertiary alicyclic amines) is 1. The monoisotopic (exact) mass is 312 g/mol. The molecule has 1 aliphatic heterocycles. The molecule has 1 aliphatic carbocycles. The number of hydrogen-bond acceptors (Lipinski definition) is 2. The second-order valence-electron chi connectivity index (χ2n) is 6.97. The van der Waals surface area contributed by atoms with Crippen molar-refractivity contribution in [1.82, 2.24) is 10.2 Å². The number of carbonyl (C=O) groups excluding carboxylic acids is 1. The molecule has 1 fully saturated rings. The molecule has 0 spiro atoms. The molecule has 0 unspecified atom stereocenters. The van der Waals surface area contributed by atoms with Gasteiger partial charge >= 0.3 is 0 Å². The van der Waals surface area contributed by atoms with Crippen molar-refractivity contribution in [3.63, 3.8) is 0 Å². The van der Waals surface area contributed by atoms with Gasteiger partial charge in [-0.2, -0.15) is 0 Å². The Bertz CT molecular complexity index is 559. The van der Waals surface area contributed by atoms with Crippen LogP contribution in [0.2, 0.25) is 0 Å². The first-order chi connectivity index (χ1) is 11.2. The predicted octanol–water partition coefficient (Wildman–Crippen LogP) is 3.43. The number of nitrogens with zero attached hydrogens (tertiary/aromatic N) is 1. The molecule has 3 rings (SSSR count). The highest BCUT2D eigenvalue weighted by atomic mass is 16.1. The normalized spacial score (nSPS) is 22.9. The molecule has 1 amide bonds. The summed E-state index contributed by atoms with van der Waals surface area (Å²) in [4.78, 5) is 14.8. The van der Waals surface area contributed by atoms with Crippen LogP contribution >= 0.6 is 0 Å². The van der Waals surface area contributed by atoms with Gasteiger partial charge in [0.15, 0.2) is 0 Å². The molecule has 0 radical (unpaired) electrons. The van der Waals surface area contributed by atoms with E-state index in [1.807, 2.05) is 0 Å². The van der Waals surface area contributed by atoms with Crippen molar-refractivity contribution < 1.29 is 4.79 Å². The zero-order chi connectivity index (χ0) is 16.1. The van der Waals surface area contributed by atoms with Crippen molar-refractivity contribution in [2.75, 3.05) is 13.1 Å². The first kappa shape index (κ1) is 16.3. The van der Waals surface area contributed by atoms with E-state index in [9.17, 15) is 4.79 Å². The molecule has 2 aliphatic rings. The fourth-order valence-corrected chi connectivity index (χ4v) is 3.61. The minimum Gasteiger partial charge on any atom is -0.353 e. The van der Waals surface area contributed by atoms with Crippen molar-refractivity contribution >= 4 is 5.91 Å². The van der Waals surface area contributed by atoms with E-state index in [0.29, 0.717) is 6.04 Å². The smallest absolute Gasteiger partial charge is 0.223 e. The third-order valence-electron chi connectivity index (χ3n) is 5.23. The van der Waals surface area contributed by atoms with Crippen LogP contribution in [0.15, 0.2) is 36.4 Å². The van der Waals surface area contributed by atoms with Gasteiger partial charge in [0.1, 0.15) is 0 Å². The van der Waals surface area contributed by atoms with E-state index < -0.39 is 0 Å². The predicted molar refractivity (Wildman–Crippen MR) is 94.1 cm³/mol. The Kier molecular flexibility index (Phi) is 5.50. The van der Waals surface area contributed by atoms with Crippen LogP contribution in [-0.4, -0.2) is 29.9 Å². The lowest BCUT2D eigenvalue weighted by Gasteiger charge is -2.33. The summed E-state index contributed by atoms with van der Waals surface area (Å²) in [6.45, 7) is 5.36. The van der Waals surface area contributed by atoms with Crippen LogP contribution < -0.4 is 5.32 Å². The van der Waals surface area contributed by atoms with Crippen LogP contribution in [0.4, 0.5) is 0 Å². The zero-order valence-corrected chi connectivity index (χ0v) is 14.1. The molecule has 3 heteroatoms. The Hall–Kier alpha value is -1.61. The van der Waals surface area contributed by atoms with Crippen molar-refractivity contribution in [2.24, 2.45) is 5.92 Å². The number of nitrogens with one attached hydrogen (secondary N) is 1. The summed E-state index contributed by atoms with van der Waals surface area (Å²) in [5, 5.41) is 3.28. The Labute approximate surface area is 139 Å². The third kappa shape index (κ3) is 4.44. The molecule has 1 aromatic rings. The molecule has 1 N–H and O–H groups in total. The second kappa shape index (κ2) is 7.78. The highest BCUT2D eigenvalue weighted by Crippen LogP contribution is 2.20. The maximum atomic E-state index is 12.3. The number of rotatable bonds is 4.